The average molecular weight is 96.9 g/mol. The quantitative estimate of drug-likeness (QED) is 0.328. The summed E-state index contributed by atoms with van der Waals surface area (Å²) in [5, 5.41) is 23.9. The van der Waals surface area contributed by atoms with Gasteiger partial charge in [-0.05, 0) is 0 Å². The van der Waals surface area contributed by atoms with E-state index in [-0.39, 0.29) is 5.47 Å². The summed E-state index contributed by atoms with van der Waals surface area (Å²) in [6.07, 6.45) is 0. The van der Waals surface area contributed by atoms with Crippen LogP contribution in [0.3, 0.4) is 0 Å². The summed E-state index contributed by atoms with van der Waals surface area (Å²) in [6, 6.07) is 1.47. The number of rotatable bonds is 1. The van der Waals surface area contributed by atoms with Gasteiger partial charge in [-0.2, -0.15) is 5.26 Å². The van der Waals surface area contributed by atoms with E-state index in [9.17, 15) is 0 Å². The first kappa shape index (κ1) is 6.21. The normalized spacial score (nSPS) is 7.00. The molecule has 0 atom stereocenters. The monoisotopic (exact) mass is 97.0 g/mol. The van der Waals surface area contributed by atoms with Gasteiger partial charge in [0.15, 0.2) is 0 Å². The van der Waals surface area contributed by atoms with Crippen LogP contribution in [0.4, 0.5) is 0 Å². The Bertz CT molecular complexity index is 115. The molecule has 0 saturated carbocycles. The molecule has 0 rings (SSSR count). The van der Waals surface area contributed by atoms with Crippen LogP contribution in [0.1, 0.15) is 0 Å². The van der Waals surface area contributed by atoms with Crippen molar-refractivity contribution in [2.24, 2.45) is 0 Å². The zero-order valence-corrected chi connectivity index (χ0v) is 3.63. The molecule has 4 heteroatoms. The lowest BCUT2D eigenvalue weighted by Gasteiger charge is -1.85. The average Bonchev–Trinajstić information content (AvgIpc) is 1.65. The number of nitriles is 1. The zero-order valence-electron chi connectivity index (χ0n) is 3.63. The molecule has 0 bridgehead atoms. The van der Waals surface area contributed by atoms with Crippen LogP contribution in [-0.4, -0.2) is 17.2 Å². The van der Waals surface area contributed by atoms with Crippen molar-refractivity contribution in [3.05, 3.63) is 12.1 Å². The maximum Gasteiger partial charge on any atom is 0.498 e. The molecule has 0 unspecified atom stereocenters. The molecule has 0 fully saturated rings. The highest BCUT2D eigenvalue weighted by Gasteiger charge is 2.09. The highest BCUT2D eigenvalue weighted by atomic mass is 16.4. The van der Waals surface area contributed by atoms with E-state index >= 15 is 0 Å². The highest BCUT2D eigenvalue weighted by molar-refractivity contribution is 6.52. The molecule has 0 aliphatic heterocycles. The Hall–Kier alpha value is -0.785. The Morgan fingerprint density at radius 2 is 2.14 bits per heavy atom. The fraction of sp³-hybridized carbons (Fsp3) is 0. The van der Waals surface area contributed by atoms with E-state index in [2.05, 4.69) is 6.58 Å². The summed E-state index contributed by atoms with van der Waals surface area (Å²) < 4.78 is 0. The zero-order chi connectivity index (χ0) is 5.86. The number of hydrogen-bond donors (Lipinski definition) is 2. The summed E-state index contributed by atoms with van der Waals surface area (Å²) in [6.45, 7) is 3.01. The molecule has 36 valence electrons. The minimum atomic E-state index is -1.69. The van der Waals surface area contributed by atoms with Gasteiger partial charge in [-0.15, -0.1) is 0 Å². The first-order valence-corrected chi connectivity index (χ1v) is 1.63. The van der Waals surface area contributed by atoms with E-state index in [1.165, 1.54) is 6.07 Å². The van der Waals surface area contributed by atoms with Crippen molar-refractivity contribution in [2.45, 2.75) is 0 Å². The molecular formula is C3H4BNO2. The van der Waals surface area contributed by atoms with Crippen LogP contribution < -0.4 is 0 Å². The summed E-state index contributed by atoms with van der Waals surface area (Å²) in [7, 11) is -1.69. The predicted molar refractivity (Wildman–Crippen MR) is 24.9 cm³/mol. The predicted octanol–water partition coefficient (Wildman–Crippen LogP) is -0.922. The van der Waals surface area contributed by atoms with Crippen molar-refractivity contribution in [1.82, 2.24) is 0 Å². The second kappa shape index (κ2) is 2.40. The molecule has 0 aliphatic carbocycles. The molecule has 2 N–H and O–H groups in total. The fourth-order valence-corrected chi connectivity index (χ4v) is 0.0577. The lowest BCUT2D eigenvalue weighted by Crippen LogP contribution is -2.12. The second-order valence-electron chi connectivity index (χ2n) is 1.01. The minimum absolute atomic E-state index is 0.236. The molecule has 0 spiro atoms. The van der Waals surface area contributed by atoms with Crippen molar-refractivity contribution in [3.8, 4) is 6.07 Å². The van der Waals surface area contributed by atoms with Crippen LogP contribution in [0.2, 0.25) is 0 Å². The molecule has 0 radical (unpaired) electrons. The number of nitrogens with zero attached hydrogens (tertiary/aromatic N) is 1. The summed E-state index contributed by atoms with van der Waals surface area (Å²) in [5.74, 6) is 0. The van der Waals surface area contributed by atoms with Gasteiger partial charge in [-0.25, -0.2) is 0 Å². The molecule has 0 aromatic rings. The van der Waals surface area contributed by atoms with E-state index in [0.29, 0.717) is 0 Å². The van der Waals surface area contributed by atoms with E-state index in [1.807, 2.05) is 0 Å². The third-order valence-corrected chi connectivity index (χ3v) is 0.455. The summed E-state index contributed by atoms with van der Waals surface area (Å²) in [4.78, 5) is 0. The van der Waals surface area contributed by atoms with Gasteiger partial charge in [-0.1, -0.05) is 6.58 Å². The van der Waals surface area contributed by atoms with Crippen LogP contribution in [0.15, 0.2) is 12.1 Å². The Morgan fingerprint density at radius 3 is 2.14 bits per heavy atom. The molecule has 7 heavy (non-hydrogen) atoms. The number of allylic oxidation sites excluding steroid dienone is 1. The molecule has 0 aromatic heterocycles. The first-order chi connectivity index (χ1) is 3.18. The van der Waals surface area contributed by atoms with Crippen LogP contribution in [-0.2, 0) is 0 Å². The largest absolute Gasteiger partial charge is 0.498 e. The van der Waals surface area contributed by atoms with E-state index in [4.69, 9.17) is 15.3 Å². The molecule has 0 aromatic carbocycles. The van der Waals surface area contributed by atoms with Gasteiger partial charge >= 0.3 is 7.12 Å². The maximum absolute atomic E-state index is 8.05. The van der Waals surface area contributed by atoms with E-state index < -0.39 is 7.12 Å². The third-order valence-electron chi connectivity index (χ3n) is 0.455. The Labute approximate surface area is 41.7 Å². The summed E-state index contributed by atoms with van der Waals surface area (Å²) >= 11 is 0. The van der Waals surface area contributed by atoms with Gasteiger partial charge in [0, 0.05) is 0 Å². The van der Waals surface area contributed by atoms with Gasteiger partial charge in [0.1, 0.15) is 0 Å². The van der Waals surface area contributed by atoms with Crippen molar-refractivity contribution >= 4 is 7.12 Å². The molecule has 0 amide bonds. The van der Waals surface area contributed by atoms with Gasteiger partial charge in [0.2, 0.25) is 0 Å². The van der Waals surface area contributed by atoms with Gasteiger partial charge < -0.3 is 10.0 Å². The Morgan fingerprint density at radius 1 is 1.71 bits per heavy atom. The highest BCUT2D eigenvalue weighted by Crippen LogP contribution is 1.84. The summed E-state index contributed by atoms with van der Waals surface area (Å²) in [5.41, 5.74) is -0.236. The molecule has 0 heterocycles. The molecule has 3 nitrogen and oxygen atoms in total. The van der Waals surface area contributed by atoms with Crippen LogP contribution in [0, 0.1) is 11.3 Å². The fourth-order valence-electron chi connectivity index (χ4n) is 0.0577. The van der Waals surface area contributed by atoms with Crippen LogP contribution in [0.25, 0.3) is 0 Å². The van der Waals surface area contributed by atoms with Crippen LogP contribution in [0.5, 0.6) is 0 Å². The molecule has 0 aliphatic rings. The van der Waals surface area contributed by atoms with Crippen molar-refractivity contribution in [3.63, 3.8) is 0 Å². The third kappa shape index (κ3) is 1.98. The lowest BCUT2D eigenvalue weighted by atomic mass is 9.82. The molecular weight excluding hydrogens is 92.8 g/mol. The van der Waals surface area contributed by atoms with Crippen molar-refractivity contribution in [1.29, 1.82) is 5.26 Å². The SMILES string of the molecule is C=C(C#N)B(O)O. The van der Waals surface area contributed by atoms with Crippen LogP contribution >= 0.6 is 0 Å². The first-order valence-electron chi connectivity index (χ1n) is 1.63. The smallest absolute Gasteiger partial charge is 0.423 e. The van der Waals surface area contributed by atoms with Crippen molar-refractivity contribution < 1.29 is 10.0 Å². The van der Waals surface area contributed by atoms with Gasteiger partial charge in [0.25, 0.3) is 0 Å². The second-order valence-corrected chi connectivity index (χ2v) is 1.01. The number of hydrogen-bond acceptors (Lipinski definition) is 3. The Balaban J connectivity index is 3.64. The minimum Gasteiger partial charge on any atom is -0.423 e. The lowest BCUT2D eigenvalue weighted by molar-refractivity contribution is 0.421. The Kier molecular flexibility index (Phi) is 2.13. The van der Waals surface area contributed by atoms with Gasteiger partial charge in [-0.3, -0.25) is 0 Å². The molecule has 0 saturated heterocycles. The topological polar surface area (TPSA) is 64.2 Å². The van der Waals surface area contributed by atoms with Crippen molar-refractivity contribution in [2.75, 3.05) is 0 Å². The van der Waals surface area contributed by atoms with Gasteiger partial charge in [0.05, 0.1) is 11.5 Å². The van der Waals surface area contributed by atoms with E-state index in [0.717, 1.165) is 0 Å². The standard InChI is InChI=1S/C3H4BNO2/c1-3(2-5)4(6)7/h6-7H,1H2. The van der Waals surface area contributed by atoms with E-state index in [1.54, 1.807) is 0 Å². The maximum atomic E-state index is 8.05.